The number of nitrogens with one attached hydrogen (secondary N) is 1. The summed E-state index contributed by atoms with van der Waals surface area (Å²) in [6.45, 7) is 9.46. The van der Waals surface area contributed by atoms with Crippen LogP contribution < -0.4 is 15.8 Å². The molecule has 0 bridgehead atoms. The maximum Gasteiger partial charge on any atom is 0.412 e. The largest absolute Gasteiger partial charge is 0.497 e. The van der Waals surface area contributed by atoms with E-state index in [9.17, 15) is 4.79 Å². The van der Waals surface area contributed by atoms with Crippen molar-refractivity contribution in [3.8, 4) is 5.75 Å². The molecule has 0 atom stereocenters. The van der Waals surface area contributed by atoms with Crippen molar-refractivity contribution in [1.82, 2.24) is 0 Å². The first-order chi connectivity index (χ1) is 10.00. The average molecular weight is 308 g/mol. The number of benzene rings is 1. The second kappa shape index (κ2) is 7.01. The number of hydrogen-bond donors (Lipinski definition) is 2. The number of carbonyl (C=O) groups is 1. The molecule has 1 amide bonds. The number of methoxy groups -OCH3 is 1. The zero-order chi connectivity index (χ0) is 17.0. The molecule has 0 radical (unpaired) electrons. The topological polar surface area (TPSA) is 73.6 Å². The molecule has 0 saturated carbocycles. The molecule has 5 nitrogen and oxygen atoms in total. The van der Waals surface area contributed by atoms with E-state index in [0.29, 0.717) is 0 Å². The fourth-order valence-corrected chi connectivity index (χ4v) is 1.90. The molecule has 1 aromatic carbocycles. The lowest BCUT2D eigenvalue weighted by molar-refractivity contribution is 0.0636. The van der Waals surface area contributed by atoms with Gasteiger partial charge in [0.25, 0.3) is 0 Å². The third kappa shape index (κ3) is 6.80. The second-order valence-corrected chi connectivity index (χ2v) is 7.14. The Balaban J connectivity index is 2.90. The Morgan fingerprint density at radius 3 is 2.36 bits per heavy atom. The highest BCUT2D eigenvalue weighted by Crippen LogP contribution is 2.25. The molecule has 0 heterocycles. The Labute approximate surface area is 133 Å². The molecule has 0 aliphatic rings. The highest BCUT2D eigenvalue weighted by Gasteiger charge is 2.18. The van der Waals surface area contributed by atoms with Crippen molar-refractivity contribution in [2.45, 2.75) is 58.6 Å². The van der Waals surface area contributed by atoms with Crippen LogP contribution >= 0.6 is 0 Å². The van der Waals surface area contributed by atoms with E-state index in [0.717, 1.165) is 29.8 Å². The lowest BCUT2D eigenvalue weighted by atomic mass is 9.95. The normalized spacial score (nSPS) is 12.0. The minimum atomic E-state index is -0.532. The summed E-state index contributed by atoms with van der Waals surface area (Å²) in [7, 11) is 1.62. The van der Waals surface area contributed by atoms with Crippen LogP contribution in [0.3, 0.4) is 0 Å². The van der Waals surface area contributed by atoms with E-state index < -0.39 is 11.7 Å². The quantitative estimate of drug-likeness (QED) is 0.869. The zero-order valence-corrected chi connectivity index (χ0v) is 14.4. The number of nitrogens with two attached hydrogens (primary N) is 1. The fraction of sp³-hybridized carbons (Fsp3) is 0.588. The van der Waals surface area contributed by atoms with Crippen LogP contribution in [0.25, 0.3) is 0 Å². The first-order valence-electron chi connectivity index (χ1n) is 7.46. The highest BCUT2D eigenvalue weighted by atomic mass is 16.6. The molecule has 0 aromatic heterocycles. The summed E-state index contributed by atoms with van der Waals surface area (Å²) in [5.41, 5.74) is 6.94. The van der Waals surface area contributed by atoms with Crippen LogP contribution in [0, 0.1) is 0 Å². The molecular weight excluding hydrogens is 280 g/mol. The van der Waals surface area contributed by atoms with Gasteiger partial charge in [0.15, 0.2) is 0 Å². The van der Waals surface area contributed by atoms with Crippen molar-refractivity contribution < 1.29 is 14.3 Å². The Hall–Kier alpha value is -1.75. The molecule has 0 aliphatic heterocycles. The van der Waals surface area contributed by atoms with E-state index in [1.807, 2.05) is 52.8 Å². The Bertz CT molecular complexity index is 514. The van der Waals surface area contributed by atoms with Crippen molar-refractivity contribution in [3.63, 3.8) is 0 Å². The Morgan fingerprint density at radius 2 is 1.86 bits per heavy atom. The van der Waals surface area contributed by atoms with Crippen LogP contribution in [-0.4, -0.2) is 24.3 Å². The Morgan fingerprint density at radius 1 is 1.23 bits per heavy atom. The molecule has 124 valence electrons. The van der Waals surface area contributed by atoms with Crippen molar-refractivity contribution in [1.29, 1.82) is 0 Å². The minimum absolute atomic E-state index is 0.272. The standard InChI is InChI=1S/C17H28N2O3/c1-16(2,3)22-15(20)19-14-8-7-13(21-6)11-12(14)9-10-17(4,5)18/h7-8,11H,9-10,18H2,1-6H3,(H,19,20). The highest BCUT2D eigenvalue weighted by molar-refractivity contribution is 5.86. The van der Waals surface area contributed by atoms with Gasteiger partial charge in [0.1, 0.15) is 11.4 Å². The molecule has 0 aliphatic carbocycles. The molecule has 0 unspecified atom stereocenters. The van der Waals surface area contributed by atoms with Crippen LogP contribution in [0.2, 0.25) is 0 Å². The number of rotatable bonds is 5. The van der Waals surface area contributed by atoms with Gasteiger partial charge in [-0.25, -0.2) is 4.79 Å². The maximum atomic E-state index is 11.9. The van der Waals surface area contributed by atoms with Gasteiger partial charge in [-0.2, -0.15) is 0 Å². The van der Waals surface area contributed by atoms with Crippen LogP contribution in [0.1, 0.15) is 46.6 Å². The molecule has 0 spiro atoms. The van der Waals surface area contributed by atoms with E-state index in [1.54, 1.807) is 7.11 Å². The number of aryl methyl sites for hydroxylation is 1. The van der Waals surface area contributed by atoms with Crippen molar-refractivity contribution in [3.05, 3.63) is 23.8 Å². The van der Waals surface area contributed by atoms with E-state index >= 15 is 0 Å². The van der Waals surface area contributed by atoms with E-state index in [-0.39, 0.29) is 5.54 Å². The van der Waals surface area contributed by atoms with E-state index in [4.69, 9.17) is 15.2 Å². The van der Waals surface area contributed by atoms with Gasteiger partial charge in [-0.1, -0.05) is 0 Å². The third-order valence-corrected chi connectivity index (χ3v) is 2.99. The smallest absolute Gasteiger partial charge is 0.412 e. The number of carbonyl (C=O) groups excluding carboxylic acids is 1. The monoisotopic (exact) mass is 308 g/mol. The summed E-state index contributed by atoms with van der Waals surface area (Å²) >= 11 is 0. The van der Waals surface area contributed by atoms with Gasteiger partial charge in [-0.15, -0.1) is 0 Å². The molecular formula is C17H28N2O3. The SMILES string of the molecule is COc1ccc(NC(=O)OC(C)(C)C)c(CCC(C)(C)N)c1. The lowest BCUT2D eigenvalue weighted by Crippen LogP contribution is -2.32. The molecule has 0 saturated heterocycles. The predicted octanol–water partition coefficient (Wildman–Crippen LogP) is 3.71. The number of ether oxygens (including phenoxy) is 2. The summed E-state index contributed by atoms with van der Waals surface area (Å²) in [6, 6.07) is 5.55. The van der Waals surface area contributed by atoms with Crippen LogP contribution in [-0.2, 0) is 11.2 Å². The van der Waals surface area contributed by atoms with Gasteiger partial charge < -0.3 is 15.2 Å². The molecule has 1 aromatic rings. The van der Waals surface area contributed by atoms with Crippen LogP contribution in [0.5, 0.6) is 5.75 Å². The summed E-state index contributed by atoms with van der Waals surface area (Å²) in [5.74, 6) is 0.750. The predicted molar refractivity (Wildman–Crippen MR) is 89.4 cm³/mol. The average Bonchev–Trinajstić information content (AvgIpc) is 2.34. The summed E-state index contributed by atoms with van der Waals surface area (Å²) in [6.07, 6.45) is 1.07. The molecule has 5 heteroatoms. The minimum Gasteiger partial charge on any atom is -0.497 e. The maximum absolute atomic E-state index is 11.9. The summed E-state index contributed by atoms with van der Waals surface area (Å²) in [5, 5.41) is 2.80. The van der Waals surface area contributed by atoms with Gasteiger partial charge in [0, 0.05) is 11.2 Å². The Kier molecular flexibility index (Phi) is 5.83. The van der Waals surface area contributed by atoms with Crippen molar-refractivity contribution >= 4 is 11.8 Å². The second-order valence-electron chi connectivity index (χ2n) is 7.14. The van der Waals surface area contributed by atoms with Crippen LogP contribution in [0.4, 0.5) is 10.5 Å². The lowest BCUT2D eigenvalue weighted by Gasteiger charge is -2.22. The molecule has 0 fully saturated rings. The molecule has 22 heavy (non-hydrogen) atoms. The van der Waals surface area contributed by atoms with Crippen molar-refractivity contribution in [2.75, 3.05) is 12.4 Å². The summed E-state index contributed by atoms with van der Waals surface area (Å²) < 4.78 is 10.5. The zero-order valence-electron chi connectivity index (χ0n) is 14.4. The van der Waals surface area contributed by atoms with Crippen molar-refractivity contribution in [2.24, 2.45) is 5.73 Å². The van der Waals surface area contributed by atoms with Gasteiger partial charge in [0.05, 0.1) is 7.11 Å². The molecule has 3 N–H and O–H groups in total. The molecule has 1 rings (SSSR count). The summed E-state index contributed by atoms with van der Waals surface area (Å²) in [4.78, 5) is 11.9. The first-order valence-corrected chi connectivity index (χ1v) is 7.46. The number of amides is 1. The van der Waals surface area contributed by atoms with Gasteiger partial charge in [-0.05, 0) is 71.2 Å². The van der Waals surface area contributed by atoms with Gasteiger partial charge in [0.2, 0.25) is 0 Å². The number of hydrogen-bond acceptors (Lipinski definition) is 4. The fourth-order valence-electron chi connectivity index (χ4n) is 1.90. The van der Waals surface area contributed by atoms with Gasteiger partial charge >= 0.3 is 6.09 Å². The third-order valence-electron chi connectivity index (χ3n) is 2.99. The first kappa shape index (κ1) is 18.3. The number of anilines is 1. The van der Waals surface area contributed by atoms with E-state index in [2.05, 4.69) is 5.32 Å². The van der Waals surface area contributed by atoms with E-state index in [1.165, 1.54) is 0 Å². The van der Waals surface area contributed by atoms with Crippen LogP contribution in [0.15, 0.2) is 18.2 Å². The van der Waals surface area contributed by atoms with Gasteiger partial charge in [-0.3, -0.25) is 5.32 Å².